The molecule has 0 bridgehead atoms. The molecule has 48 valence electrons. The van der Waals surface area contributed by atoms with Crippen LogP contribution in [0.2, 0.25) is 0 Å². The van der Waals surface area contributed by atoms with Crippen LogP contribution in [0.25, 0.3) is 0 Å². The maximum atomic E-state index is 10.6. The van der Waals surface area contributed by atoms with Gasteiger partial charge in [-0.05, 0) is 6.07 Å². The average Bonchev–Trinajstić information content (AvgIpc) is 1.89. The van der Waals surface area contributed by atoms with E-state index in [1.54, 1.807) is 17.7 Å². The van der Waals surface area contributed by atoms with E-state index in [2.05, 4.69) is 0 Å². The zero-order valence-corrected chi connectivity index (χ0v) is 4.61. The minimum absolute atomic E-state index is 0.292. The Kier molecular flexibility index (Phi) is 1.51. The van der Waals surface area contributed by atoms with Crippen molar-refractivity contribution in [3.63, 3.8) is 0 Å². The first-order valence-electron chi connectivity index (χ1n) is 2.42. The molecule has 1 rings (SSSR count). The zero-order valence-electron chi connectivity index (χ0n) is 4.61. The van der Waals surface area contributed by atoms with Crippen molar-refractivity contribution in [2.24, 2.45) is 0 Å². The van der Waals surface area contributed by atoms with E-state index in [4.69, 9.17) is 5.21 Å². The number of nitrogens with zero attached hydrogens (tertiary/aromatic N) is 1. The predicted molar refractivity (Wildman–Crippen MR) is 31.8 cm³/mol. The summed E-state index contributed by atoms with van der Waals surface area (Å²) < 4.78 is 0.958. The van der Waals surface area contributed by atoms with Gasteiger partial charge in [0.2, 0.25) is 0 Å². The summed E-state index contributed by atoms with van der Waals surface area (Å²) in [5.41, 5.74) is 1.41. The van der Waals surface area contributed by atoms with E-state index in [9.17, 15) is 4.79 Å². The van der Waals surface area contributed by atoms with Gasteiger partial charge in [-0.25, -0.2) is 10.3 Å². The first-order chi connectivity index (χ1) is 4.34. The molecule has 0 fully saturated rings. The van der Waals surface area contributed by atoms with E-state index in [-0.39, 0.29) is 5.56 Å². The highest BCUT2D eigenvalue weighted by Crippen LogP contribution is 1.73. The highest BCUT2D eigenvalue weighted by molar-refractivity contribution is 4.93. The van der Waals surface area contributed by atoms with E-state index in [1.807, 2.05) is 0 Å². The molecule has 4 nitrogen and oxygen atoms in total. The second-order valence-electron chi connectivity index (χ2n) is 1.51. The molecular weight excluding hydrogens is 120 g/mol. The molecule has 0 aromatic carbocycles. The van der Waals surface area contributed by atoms with Crippen LogP contribution in [0, 0.1) is 0 Å². The summed E-state index contributed by atoms with van der Waals surface area (Å²) in [5.74, 6) is 0. The molecule has 1 aromatic rings. The fourth-order valence-corrected chi connectivity index (χ4v) is 0.510. The predicted octanol–water partition coefficient (Wildman–Crippen LogP) is -0.219. The highest BCUT2D eigenvalue weighted by Gasteiger charge is 1.85. The molecule has 2 N–H and O–H groups in total. The lowest BCUT2D eigenvalue weighted by Gasteiger charge is -1.97. The van der Waals surface area contributed by atoms with Gasteiger partial charge in [0.1, 0.15) is 0 Å². The van der Waals surface area contributed by atoms with E-state index in [1.165, 1.54) is 12.3 Å². The fourth-order valence-electron chi connectivity index (χ4n) is 0.510. The smallest absolute Gasteiger partial charge is 0.270 e. The van der Waals surface area contributed by atoms with E-state index < -0.39 is 0 Å². The Bertz CT molecular complexity index is 243. The number of pyridine rings is 1. The van der Waals surface area contributed by atoms with Crippen molar-refractivity contribution in [1.29, 1.82) is 0 Å². The molecular formula is C5H6N2O2. The number of rotatable bonds is 1. The van der Waals surface area contributed by atoms with Gasteiger partial charge in [0.05, 0.1) is 0 Å². The maximum absolute atomic E-state index is 10.6. The summed E-state index contributed by atoms with van der Waals surface area (Å²) in [6, 6.07) is 4.56. The molecule has 0 aliphatic carbocycles. The van der Waals surface area contributed by atoms with Gasteiger partial charge in [0.15, 0.2) is 0 Å². The largest absolute Gasteiger partial charge is 0.275 e. The van der Waals surface area contributed by atoms with Crippen molar-refractivity contribution < 1.29 is 5.21 Å². The summed E-state index contributed by atoms with van der Waals surface area (Å²) in [4.78, 5) is 10.6. The minimum atomic E-state index is -0.292. The number of aromatic nitrogens is 1. The molecule has 0 aliphatic rings. The monoisotopic (exact) mass is 126 g/mol. The Morgan fingerprint density at radius 1 is 1.56 bits per heavy atom. The Labute approximate surface area is 51.3 Å². The Morgan fingerprint density at radius 2 is 2.33 bits per heavy atom. The van der Waals surface area contributed by atoms with Crippen LogP contribution < -0.4 is 11.1 Å². The van der Waals surface area contributed by atoms with Crippen molar-refractivity contribution >= 4 is 0 Å². The number of hydrogen-bond donors (Lipinski definition) is 2. The molecule has 0 atom stereocenters. The topological polar surface area (TPSA) is 54.3 Å². The Balaban J connectivity index is 3.16. The summed E-state index contributed by atoms with van der Waals surface area (Å²) in [6.45, 7) is 0. The molecule has 0 radical (unpaired) electrons. The summed E-state index contributed by atoms with van der Waals surface area (Å²) in [5, 5.41) is 8.23. The molecule has 0 saturated carbocycles. The van der Waals surface area contributed by atoms with Crippen LogP contribution in [-0.2, 0) is 0 Å². The molecule has 4 heteroatoms. The maximum Gasteiger partial charge on any atom is 0.270 e. The van der Waals surface area contributed by atoms with Crippen LogP contribution >= 0.6 is 0 Å². The minimum Gasteiger partial charge on any atom is -0.275 e. The third kappa shape index (κ3) is 1.09. The second kappa shape index (κ2) is 2.32. The van der Waals surface area contributed by atoms with Crippen molar-refractivity contribution in [3.8, 4) is 0 Å². The van der Waals surface area contributed by atoms with Crippen molar-refractivity contribution in [1.82, 2.24) is 4.68 Å². The summed E-state index contributed by atoms with van der Waals surface area (Å²) in [7, 11) is 0. The lowest BCUT2D eigenvalue weighted by Crippen LogP contribution is -2.24. The van der Waals surface area contributed by atoms with Gasteiger partial charge in [0, 0.05) is 12.3 Å². The normalized spacial score (nSPS) is 9.00. The standard InChI is InChI=1S/C5H6N2O2/c8-5-3-1-2-4-7(5)6-9/h1-4,6,9H. The fraction of sp³-hybridized carbons (Fsp3) is 0. The second-order valence-corrected chi connectivity index (χ2v) is 1.51. The van der Waals surface area contributed by atoms with Crippen molar-refractivity contribution in [2.45, 2.75) is 0 Å². The van der Waals surface area contributed by atoms with Crippen LogP contribution in [0.4, 0.5) is 0 Å². The van der Waals surface area contributed by atoms with E-state index >= 15 is 0 Å². The first-order valence-corrected chi connectivity index (χ1v) is 2.42. The number of hydrogen-bond acceptors (Lipinski definition) is 3. The molecule has 1 heterocycles. The molecule has 1 aromatic heterocycles. The number of nitrogens with one attached hydrogen (secondary N) is 1. The van der Waals surface area contributed by atoms with Gasteiger partial charge >= 0.3 is 0 Å². The van der Waals surface area contributed by atoms with Crippen LogP contribution in [-0.4, -0.2) is 9.88 Å². The lowest BCUT2D eigenvalue weighted by molar-refractivity contribution is 0.313. The van der Waals surface area contributed by atoms with Crippen molar-refractivity contribution in [3.05, 3.63) is 34.7 Å². The van der Waals surface area contributed by atoms with Gasteiger partial charge in [-0.3, -0.25) is 10.0 Å². The lowest BCUT2D eigenvalue weighted by atomic mass is 10.5. The van der Waals surface area contributed by atoms with Crippen LogP contribution in [0.3, 0.4) is 0 Å². The molecule has 0 amide bonds. The zero-order chi connectivity index (χ0) is 6.69. The van der Waals surface area contributed by atoms with Gasteiger partial charge in [-0.15, -0.1) is 0 Å². The quantitative estimate of drug-likeness (QED) is 0.511. The summed E-state index contributed by atoms with van der Waals surface area (Å²) >= 11 is 0. The molecule has 0 unspecified atom stereocenters. The third-order valence-corrected chi connectivity index (χ3v) is 0.930. The SMILES string of the molecule is O=c1ccccn1NO. The van der Waals surface area contributed by atoms with Crippen LogP contribution in [0.15, 0.2) is 29.2 Å². The van der Waals surface area contributed by atoms with E-state index in [0.29, 0.717) is 0 Å². The summed E-state index contributed by atoms with van der Waals surface area (Å²) in [6.07, 6.45) is 1.42. The molecule has 0 aliphatic heterocycles. The van der Waals surface area contributed by atoms with Crippen molar-refractivity contribution in [2.75, 3.05) is 5.59 Å². The first kappa shape index (κ1) is 5.84. The average molecular weight is 126 g/mol. The van der Waals surface area contributed by atoms with Crippen LogP contribution in [0.5, 0.6) is 0 Å². The highest BCUT2D eigenvalue weighted by atomic mass is 16.5. The van der Waals surface area contributed by atoms with Crippen LogP contribution in [0.1, 0.15) is 0 Å². The van der Waals surface area contributed by atoms with E-state index in [0.717, 1.165) is 4.68 Å². The third-order valence-electron chi connectivity index (χ3n) is 0.930. The molecule has 9 heavy (non-hydrogen) atoms. The van der Waals surface area contributed by atoms with Gasteiger partial charge in [0.25, 0.3) is 5.56 Å². The van der Waals surface area contributed by atoms with Gasteiger partial charge in [-0.2, -0.15) is 0 Å². The molecule has 0 saturated heterocycles. The van der Waals surface area contributed by atoms with Gasteiger partial charge < -0.3 is 0 Å². The van der Waals surface area contributed by atoms with Gasteiger partial charge in [-0.1, -0.05) is 6.07 Å². The molecule has 0 spiro atoms. The Hall–Kier alpha value is -1.29. The Morgan fingerprint density at radius 3 is 2.78 bits per heavy atom.